The Labute approximate surface area is 328 Å². The Balaban J connectivity index is 0.000000186. The number of anilines is 3. The van der Waals surface area contributed by atoms with E-state index in [-0.39, 0.29) is 29.3 Å². The molecule has 1 aliphatic carbocycles. The summed E-state index contributed by atoms with van der Waals surface area (Å²) < 4.78 is 14.5. The Morgan fingerprint density at radius 2 is 1.73 bits per heavy atom. The number of nitrogens with one attached hydrogen (secondary N) is 2. The van der Waals surface area contributed by atoms with Gasteiger partial charge in [0.2, 0.25) is 18.2 Å². The molecule has 2 saturated heterocycles. The third kappa shape index (κ3) is 11.1. The van der Waals surface area contributed by atoms with E-state index < -0.39 is 18.1 Å². The molecule has 300 valence electrons. The van der Waals surface area contributed by atoms with Crippen LogP contribution in [0, 0.1) is 0 Å². The van der Waals surface area contributed by atoms with Crippen molar-refractivity contribution in [2.24, 2.45) is 0 Å². The number of likely N-dealkylation sites (tertiary alicyclic amines) is 1. The summed E-state index contributed by atoms with van der Waals surface area (Å²) in [6.45, 7) is 7.83. The molecule has 2 unspecified atom stereocenters. The van der Waals surface area contributed by atoms with Gasteiger partial charge in [0, 0.05) is 50.3 Å². The summed E-state index contributed by atoms with van der Waals surface area (Å²) in [5.74, 6) is -0.548. The molecule has 2 N–H and O–H groups in total. The maximum absolute atomic E-state index is 12.6. The van der Waals surface area contributed by atoms with Crippen LogP contribution in [0.15, 0.2) is 55.1 Å². The largest absolute Gasteiger partial charge is 0.376 e. The maximum atomic E-state index is 12.6. The second kappa shape index (κ2) is 19.0. The zero-order valence-corrected chi connectivity index (χ0v) is 33.4. The second-order valence-corrected chi connectivity index (χ2v) is 15.9. The van der Waals surface area contributed by atoms with Crippen LogP contribution >= 0.6 is 0 Å². The van der Waals surface area contributed by atoms with E-state index in [1.165, 1.54) is 43.2 Å². The van der Waals surface area contributed by atoms with E-state index in [4.69, 9.17) is 0 Å². The maximum Gasteiger partial charge on any atom is 0.277 e. The Morgan fingerprint density at radius 1 is 1.00 bits per heavy atom. The Kier molecular flexibility index (Phi) is 14.2. The topological polar surface area (TPSA) is 159 Å². The fourth-order valence-electron chi connectivity index (χ4n) is 6.97. The Morgan fingerprint density at radius 3 is 2.36 bits per heavy atom. The van der Waals surface area contributed by atoms with Crippen LogP contribution < -0.4 is 20.4 Å². The molecule has 3 fully saturated rings. The Hall–Kier alpha value is -5.31. The first kappa shape index (κ1) is 41.8. The summed E-state index contributed by atoms with van der Waals surface area (Å²) in [5, 5.41) is 10.7. The number of alkyl halides is 1. The molecule has 2 aliphatic heterocycles. The molecule has 4 aromatic rings. The van der Waals surface area contributed by atoms with Gasteiger partial charge in [-0.05, 0) is 63.9 Å². The molecule has 1 aromatic carbocycles. The number of carbonyl (C=O) groups is 4. The van der Waals surface area contributed by atoms with Crippen LogP contribution in [-0.2, 0) is 19.8 Å². The van der Waals surface area contributed by atoms with Crippen molar-refractivity contribution >= 4 is 52.2 Å². The summed E-state index contributed by atoms with van der Waals surface area (Å²) in [6.07, 6.45) is 15.6. The number of carbonyl (C=O) groups excluding carboxylic acids is 4. The van der Waals surface area contributed by atoms with E-state index in [0.29, 0.717) is 36.9 Å². The van der Waals surface area contributed by atoms with Crippen molar-refractivity contribution in [3.05, 3.63) is 66.5 Å². The third-order valence-electron chi connectivity index (χ3n) is 10.1. The van der Waals surface area contributed by atoms with Crippen molar-refractivity contribution in [2.75, 3.05) is 49.3 Å². The lowest BCUT2D eigenvalue weighted by Gasteiger charge is -2.32. The molecule has 3 aliphatic rings. The van der Waals surface area contributed by atoms with Gasteiger partial charge < -0.3 is 20.0 Å². The summed E-state index contributed by atoms with van der Waals surface area (Å²) in [5.41, 5.74) is 3.22. The molecule has 4 amide bonds. The molecule has 7 rings (SSSR count). The van der Waals surface area contributed by atoms with E-state index in [9.17, 15) is 23.6 Å². The molecule has 5 heterocycles. The highest BCUT2D eigenvalue weighted by Gasteiger charge is 2.33. The molecular formula is C41H55FN10O4. The smallest absolute Gasteiger partial charge is 0.277 e. The molecular weight excluding hydrogens is 716 g/mol. The van der Waals surface area contributed by atoms with Crippen LogP contribution in [0.1, 0.15) is 101 Å². The predicted molar refractivity (Wildman–Crippen MR) is 215 cm³/mol. The summed E-state index contributed by atoms with van der Waals surface area (Å²) in [6, 6.07) is 9.02. The SMILES string of the molecule is CC(C)(C)c1cncc(C(=O)Nc2cc3cn(C4CCCCC4)nc3cn2)n1.CN(C)c1ccccc1N(C=O)C1CCC(=O)NC1=O.CN1CCCC(F)C1. The molecule has 0 radical (unpaired) electrons. The molecule has 14 nitrogen and oxygen atoms in total. The highest BCUT2D eigenvalue weighted by molar-refractivity contribution is 6.05. The molecule has 0 spiro atoms. The quantitative estimate of drug-likeness (QED) is 0.173. The summed E-state index contributed by atoms with van der Waals surface area (Å²) in [7, 11) is 5.70. The number of piperidine rings is 2. The van der Waals surface area contributed by atoms with E-state index in [1.807, 2.05) is 76.0 Å². The minimum atomic E-state index is -0.647. The van der Waals surface area contributed by atoms with E-state index in [0.717, 1.165) is 41.7 Å². The standard InChI is InChI=1S/C21H26N6O.C14H17N3O3.C6H12FN/c1-21(2,3)18-12-22-10-17(24-18)20(28)25-19-9-14-13-27(26-16(14)11-23-19)15-7-5-4-6-8-15;1-16(2)10-5-3-4-6-11(10)17(9-18)12-7-8-13(19)15-14(12)20;1-8-4-2-3-6(7)5-8/h9-13,15H,4-8H2,1-3H3,(H,25,28);3-6,9,12H,7-8H2,1-2H3,(H,15,19,20);6H,2-5H2,1H3. The van der Waals surface area contributed by atoms with Crippen molar-refractivity contribution in [3.63, 3.8) is 0 Å². The Bertz CT molecular complexity index is 1960. The normalized spacial score (nSPS) is 19.1. The van der Waals surface area contributed by atoms with Gasteiger partial charge in [-0.3, -0.25) is 34.2 Å². The lowest BCUT2D eigenvalue weighted by molar-refractivity contribution is -0.134. The predicted octanol–water partition coefficient (Wildman–Crippen LogP) is 5.85. The minimum Gasteiger partial charge on any atom is -0.376 e. The van der Waals surface area contributed by atoms with Crippen molar-refractivity contribution in [1.82, 2.24) is 34.9 Å². The van der Waals surface area contributed by atoms with Crippen molar-refractivity contribution < 1.29 is 23.6 Å². The first-order valence-corrected chi connectivity index (χ1v) is 19.4. The van der Waals surface area contributed by atoms with Crippen LogP contribution in [0.4, 0.5) is 21.6 Å². The highest BCUT2D eigenvalue weighted by atomic mass is 19.1. The fraction of sp³-hybridized carbons (Fsp3) is 0.512. The third-order valence-corrected chi connectivity index (χ3v) is 10.1. The number of para-hydroxylation sites is 2. The molecule has 2 atom stereocenters. The number of hydrogen-bond acceptors (Lipinski definition) is 10. The van der Waals surface area contributed by atoms with Gasteiger partial charge in [-0.15, -0.1) is 0 Å². The van der Waals surface area contributed by atoms with Gasteiger partial charge in [0.25, 0.3) is 5.91 Å². The number of hydrogen-bond donors (Lipinski definition) is 2. The van der Waals surface area contributed by atoms with Crippen LogP contribution in [0.5, 0.6) is 0 Å². The van der Waals surface area contributed by atoms with Crippen LogP contribution in [-0.4, -0.2) is 100 Å². The summed E-state index contributed by atoms with van der Waals surface area (Å²) in [4.78, 5) is 65.4. The highest BCUT2D eigenvalue weighted by Crippen LogP contribution is 2.31. The first-order chi connectivity index (χ1) is 26.7. The zero-order chi connectivity index (χ0) is 40.4. The minimum absolute atomic E-state index is 0.172. The van der Waals surface area contributed by atoms with Gasteiger partial charge in [0.1, 0.15) is 29.2 Å². The fourth-order valence-corrected chi connectivity index (χ4v) is 6.97. The monoisotopic (exact) mass is 770 g/mol. The molecule has 0 bridgehead atoms. The number of nitrogens with zero attached hydrogens (tertiary/aromatic N) is 8. The van der Waals surface area contributed by atoms with E-state index >= 15 is 0 Å². The average Bonchev–Trinajstić information content (AvgIpc) is 3.60. The van der Waals surface area contributed by atoms with Crippen molar-refractivity contribution in [2.45, 2.75) is 102 Å². The average molecular weight is 771 g/mol. The van der Waals surface area contributed by atoms with E-state index in [1.54, 1.807) is 18.5 Å². The van der Waals surface area contributed by atoms with Gasteiger partial charge in [-0.25, -0.2) is 14.4 Å². The molecule has 1 saturated carbocycles. The van der Waals surface area contributed by atoms with Gasteiger partial charge in [-0.1, -0.05) is 52.2 Å². The number of pyridine rings is 1. The number of amides is 4. The molecule has 15 heteroatoms. The number of halogens is 1. The summed E-state index contributed by atoms with van der Waals surface area (Å²) >= 11 is 0. The van der Waals surface area contributed by atoms with Crippen LogP contribution in [0.3, 0.4) is 0 Å². The van der Waals surface area contributed by atoms with Gasteiger partial charge in [0.05, 0.1) is 35.5 Å². The zero-order valence-electron chi connectivity index (χ0n) is 33.4. The number of rotatable bonds is 7. The molecule has 3 aromatic heterocycles. The van der Waals surface area contributed by atoms with Gasteiger partial charge >= 0.3 is 0 Å². The van der Waals surface area contributed by atoms with Crippen molar-refractivity contribution in [1.29, 1.82) is 0 Å². The van der Waals surface area contributed by atoms with Crippen LogP contribution in [0.2, 0.25) is 0 Å². The van der Waals surface area contributed by atoms with Gasteiger partial charge in [-0.2, -0.15) is 5.10 Å². The first-order valence-electron chi connectivity index (χ1n) is 19.4. The van der Waals surface area contributed by atoms with Crippen LogP contribution in [0.25, 0.3) is 10.9 Å². The number of benzene rings is 1. The number of fused-ring (bicyclic) bond motifs is 1. The number of aromatic nitrogens is 5. The van der Waals surface area contributed by atoms with Gasteiger partial charge in [0.15, 0.2) is 0 Å². The van der Waals surface area contributed by atoms with Crippen molar-refractivity contribution in [3.8, 4) is 0 Å². The lowest BCUT2D eigenvalue weighted by atomic mass is 9.92. The van der Waals surface area contributed by atoms with E-state index in [2.05, 4.69) is 41.6 Å². The lowest BCUT2D eigenvalue weighted by Crippen LogP contribution is -2.52. The molecule has 56 heavy (non-hydrogen) atoms. The second-order valence-electron chi connectivity index (χ2n) is 15.9. The number of imide groups is 1.